The topological polar surface area (TPSA) is 63.1 Å². The first-order chi connectivity index (χ1) is 9.33. The first-order valence-corrected chi connectivity index (χ1v) is 7.03. The Bertz CT molecular complexity index is 725. The van der Waals surface area contributed by atoms with E-state index in [-0.39, 0.29) is 0 Å². The third kappa shape index (κ3) is 2.77. The Kier molecular flexibility index (Phi) is 3.47. The minimum Gasteiger partial charge on any atom is -0.264 e. The quantitative estimate of drug-likeness (QED) is 0.590. The summed E-state index contributed by atoms with van der Waals surface area (Å²) in [5, 5.41) is 4.16. The minimum absolute atomic E-state index is 0.695. The molecule has 0 fully saturated rings. The van der Waals surface area contributed by atoms with Crippen LogP contribution in [-0.2, 0) is 0 Å². The number of thiophene rings is 1. The van der Waals surface area contributed by atoms with Crippen LogP contribution < -0.4 is 5.43 Å². The van der Waals surface area contributed by atoms with Crippen molar-refractivity contribution in [3.8, 4) is 0 Å². The van der Waals surface area contributed by atoms with Crippen LogP contribution in [0.25, 0.3) is 10.2 Å². The smallest absolute Gasteiger partial charge is 0.167 e. The molecule has 0 radical (unpaired) electrons. The number of pyridine rings is 1. The fraction of sp³-hybridized carbons (Fsp3) is 0. The van der Waals surface area contributed by atoms with Gasteiger partial charge in [-0.25, -0.2) is 9.97 Å². The molecule has 19 heavy (non-hydrogen) atoms. The molecule has 0 aliphatic carbocycles. The number of fused-ring (bicyclic) bond motifs is 1. The molecule has 0 aliphatic rings. The predicted molar refractivity (Wildman–Crippen MR) is 80.6 cm³/mol. The van der Waals surface area contributed by atoms with E-state index < -0.39 is 0 Å². The number of aromatic nitrogens is 3. The lowest BCUT2D eigenvalue weighted by atomic mass is 10.3. The van der Waals surface area contributed by atoms with E-state index in [0.717, 1.165) is 19.6 Å². The van der Waals surface area contributed by atoms with Crippen molar-refractivity contribution in [2.75, 3.05) is 5.43 Å². The molecule has 7 heteroatoms. The molecule has 1 N–H and O–H groups in total. The lowest BCUT2D eigenvalue weighted by Crippen LogP contribution is -1.94. The van der Waals surface area contributed by atoms with Crippen LogP contribution in [0.5, 0.6) is 0 Å². The maximum Gasteiger partial charge on any atom is 0.167 e. The summed E-state index contributed by atoms with van der Waals surface area (Å²) < 4.78 is 1.99. The average Bonchev–Trinajstić information content (AvgIpc) is 2.81. The molecule has 0 aromatic carbocycles. The standard InChI is InChI=1S/C12H8BrN5S/c13-10-4-9-11(19-10)12(16-7-15-9)18-17-6-8-2-1-3-14-5-8/h1-7H,(H,15,16,18)/b17-6+. The van der Waals surface area contributed by atoms with E-state index in [2.05, 4.69) is 41.4 Å². The molecule has 0 bridgehead atoms. The van der Waals surface area contributed by atoms with Gasteiger partial charge in [0.25, 0.3) is 0 Å². The monoisotopic (exact) mass is 333 g/mol. The van der Waals surface area contributed by atoms with Gasteiger partial charge in [0.05, 0.1) is 20.2 Å². The van der Waals surface area contributed by atoms with Crippen molar-refractivity contribution in [2.45, 2.75) is 0 Å². The summed E-state index contributed by atoms with van der Waals surface area (Å²) >= 11 is 5.01. The Hall–Kier alpha value is -1.86. The van der Waals surface area contributed by atoms with Crippen molar-refractivity contribution in [1.29, 1.82) is 0 Å². The molecule has 0 aliphatic heterocycles. The van der Waals surface area contributed by atoms with Crippen LogP contribution in [0.3, 0.4) is 0 Å². The van der Waals surface area contributed by atoms with Crippen LogP contribution in [0.2, 0.25) is 0 Å². The van der Waals surface area contributed by atoms with E-state index in [4.69, 9.17) is 0 Å². The zero-order chi connectivity index (χ0) is 13.1. The van der Waals surface area contributed by atoms with Gasteiger partial charge >= 0.3 is 0 Å². The Labute approximate surface area is 121 Å². The summed E-state index contributed by atoms with van der Waals surface area (Å²) in [6, 6.07) is 5.74. The first-order valence-electron chi connectivity index (χ1n) is 5.42. The van der Waals surface area contributed by atoms with Gasteiger partial charge in [0.15, 0.2) is 5.82 Å². The molecule has 0 saturated heterocycles. The number of hydrogen-bond acceptors (Lipinski definition) is 6. The highest BCUT2D eigenvalue weighted by Crippen LogP contribution is 2.32. The number of hydrogen-bond donors (Lipinski definition) is 1. The lowest BCUT2D eigenvalue weighted by Gasteiger charge is -1.99. The van der Waals surface area contributed by atoms with Gasteiger partial charge in [-0.1, -0.05) is 6.07 Å². The number of anilines is 1. The van der Waals surface area contributed by atoms with Crippen LogP contribution in [0.1, 0.15) is 5.56 Å². The maximum atomic E-state index is 4.20. The number of rotatable bonds is 3. The molecule has 0 atom stereocenters. The Morgan fingerprint density at radius 2 is 2.32 bits per heavy atom. The Morgan fingerprint density at radius 3 is 3.16 bits per heavy atom. The Balaban J connectivity index is 1.84. The largest absolute Gasteiger partial charge is 0.264 e. The molecule has 0 amide bonds. The van der Waals surface area contributed by atoms with Crippen molar-refractivity contribution in [3.63, 3.8) is 0 Å². The van der Waals surface area contributed by atoms with E-state index in [0.29, 0.717) is 5.82 Å². The van der Waals surface area contributed by atoms with Gasteiger partial charge < -0.3 is 0 Å². The van der Waals surface area contributed by atoms with E-state index in [9.17, 15) is 0 Å². The van der Waals surface area contributed by atoms with Crippen LogP contribution in [-0.4, -0.2) is 21.2 Å². The van der Waals surface area contributed by atoms with Gasteiger partial charge in [0.2, 0.25) is 0 Å². The third-order valence-corrected chi connectivity index (χ3v) is 3.98. The molecule has 0 spiro atoms. The highest BCUT2D eigenvalue weighted by atomic mass is 79.9. The van der Waals surface area contributed by atoms with E-state index in [1.165, 1.54) is 6.33 Å². The number of hydrazone groups is 1. The summed E-state index contributed by atoms with van der Waals surface area (Å²) in [5.41, 5.74) is 4.75. The average molecular weight is 334 g/mol. The molecular weight excluding hydrogens is 326 g/mol. The molecule has 94 valence electrons. The number of halogens is 1. The summed E-state index contributed by atoms with van der Waals surface area (Å²) in [6.07, 6.45) is 6.68. The van der Waals surface area contributed by atoms with Crippen LogP contribution in [0, 0.1) is 0 Å². The van der Waals surface area contributed by atoms with Crippen molar-refractivity contribution < 1.29 is 0 Å². The van der Waals surface area contributed by atoms with Gasteiger partial charge in [0, 0.05) is 18.0 Å². The van der Waals surface area contributed by atoms with Crippen LogP contribution in [0.15, 0.2) is 45.8 Å². The summed E-state index contributed by atoms with van der Waals surface area (Å²) in [6.45, 7) is 0. The molecular formula is C12H8BrN5S. The highest BCUT2D eigenvalue weighted by Gasteiger charge is 2.06. The van der Waals surface area contributed by atoms with Gasteiger partial charge in [-0.05, 0) is 28.1 Å². The first kappa shape index (κ1) is 12.2. The molecule has 3 aromatic heterocycles. The molecule has 0 saturated carbocycles. The normalized spacial score (nSPS) is 11.2. The van der Waals surface area contributed by atoms with Crippen LogP contribution >= 0.6 is 27.3 Å². The summed E-state index contributed by atoms with van der Waals surface area (Å²) in [7, 11) is 0. The second-order valence-corrected chi connectivity index (χ2v) is 6.07. The van der Waals surface area contributed by atoms with E-state index in [1.54, 1.807) is 29.9 Å². The zero-order valence-electron chi connectivity index (χ0n) is 9.62. The van der Waals surface area contributed by atoms with Crippen molar-refractivity contribution in [3.05, 3.63) is 46.3 Å². The fourth-order valence-corrected chi connectivity index (χ4v) is 3.00. The number of nitrogens with one attached hydrogen (secondary N) is 1. The maximum absolute atomic E-state index is 4.20. The van der Waals surface area contributed by atoms with E-state index in [1.807, 2.05) is 18.2 Å². The molecule has 5 nitrogen and oxygen atoms in total. The molecule has 3 rings (SSSR count). The Morgan fingerprint density at radius 1 is 1.37 bits per heavy atom. The van der Waals surface area contributed by atoms with Crippen molar-refractivity contribution in [1.82, 2.24) is 15.0 Å². The third-order valence-electron chi connectivity index (χ3n) is 2.35. The predicted octanol–water partition coefficient (Wildman–Crippen LogP) is 3.29. The lowest BCUT2D eigenvalue weighted by molar-refractivity contribution is 1.19. The van der Waals surface area contributed by atoms with Gasteiger partial charge in [-0.3, -0.25) is 10.4 Å². The summed E-state index contributed by atoms with van der Waals surface area (Å²) in [5.74, 6) is 0.695. The fourth-order valence-electron chi connectivity index (χ4n) is 1.53. The van der Waals surface area contributed by atoms with Crippen LogP contribution in [0.4, 0.5) is 5.82 Å². The molecule has 3 heterocycles. The second kappa shape index (κ2) is 5.41. The summed E-state index contributed by atoms with van der Waals surface area (Å²) in [4.78, 5) is 12.4. The van der Waals surface area contributed by atoms with Crippen molar-refractivity contribution >= 4 is 49.5 Å². The van der Waals surface area contributed by atoms with E-state index >= 15 is 0 Å². The molecule has 0 unspecified atom stereocenters. The van der Waals surface area contributed by atoms with Gasteiger partial charge in [0.1, 0.15) is 6.33 Å². The van der Waals surface area contributed by atoms with Gasteiger partial charge in [-0.2, -0.15) is 5.10 Å². The zero-order valence-corrected chi connectivity index (χ0v) is 12.0. The number of nitrogens with zero attached hydrogens (tertiary/aromatic N) is 4. The minimum atomic E-state index is 0.695. The highest BCUT2D eigenvalue weighted by molar-refractivity contribution is 9.11. The molecule has 3 aromatic rings. The second-order valence-electron chi connectivity index (χ2n) is 3.64. The van der Waals surface area contributed by atoms with Crippen molar-refractivity contribution in [2.24, 2.45) is 5.10 Å². The SMILES string of the molecule is Brc1cc2ncnc(N/N=C/c3cccnc3)c2s1. The van der Waals surface area contributed by atoms with Gasteiger partial charge in [-0.15, -0.1) is 11.3 Å².